The van der Waals surface area contributed by atoms with Gasteiger partial charge < -0.3 is 5.73 Å². The van der Waals surface area contributed by atoms with Crippen LogP contribution in [0.1, 0.15) is 48.0 Å². The third kappa shape index (κ3) is 3.89. The van der Waals surface area contributed by atoms with Gasteiger partial charge in [-0.25, -0.2) is 0 Å². The summed E-state index contributed by atoms with van der Waals surface area (Å²) in [6, 6.07) is 0. The minimum atomic E-state index is -4.08. The molecule has 0 aliphatic heterocycles. The molecule has 1 aromatic heterocycles. The van der Waals surface area contributed by atoms with Crippen LogP contribution in [-0.2, 0) is 6.42 Å². The van der Waals surface area contributed by atoms with Gasteiger partial charge in [0.05, 0.1) is 5.92 Å². The second kappa shape index (κ2) is 6.17. The van der Waals surface area contributed by atoms with Gasteiger partial charge in [0.15, 0.2) is 0 Å². The Morgan fingerprint density at radius 2 is 2.05 bits per heavy atom. The van der Waals surface area contributed by atoms with E-state index in [1.165, 1.54) is 11.3 Å². The van der Waals surface area contributed by atoms with Crippen LogP contribution in [0, 0.1) is 5.92 Å². The summed E-state index contributed by atoms with van der Waals surface area (Å²) < 4.78 is 38.3. The minimum Gasteiger partial charge on any atom is -0.330 e. The Morgan fingerprint density at radius 3 is 2.74 bits per heavy atom. The van der Waals surface area contributed by atoms with E-state index in [9.17, 15) is 13.2 Å². The molecule has 0 saturated heterocycles. The normalized spacial score (nSPS) is 24.6. The second-order valence-electron chi connectivity index (χ2n) is 5.03. The van der Waals surface area contributed by atoms with Gasteiger partial charge in [-0.15, -0.1) is 21.5 Å². The molecule has 2 N–H and O–H groups in total. The van der Waals surface area contributed by atoms with Crippen molar-refractivity contribution in [1.29, 1.82) is 0 Å². The van der Waals surface area contributed by atoms with Gasteiger partial charge in [0, 0.05) is 12.3 Å². The summed E-state index contributed by atoms with van der Waals surface area (Å²) in [5.74, 6) is -1.26. The van der Waals surface area contributed by atoms with Crippen molar-refractivity contribution in [2.24, 2.45) is 11.7 Å². The van der Waals surface area contributed by atoms with E-state index in [1.807, 2.05) is 0 Å². The van der Waals surface area contributed by atoms with Gasteiger partial charge >= 0.3 is 6.18 Å². The molecule has 0 bridgehead atoms. The summed E-state index contributed by atoms with van der Waals surface area (Å²) in [5, 5.41) is 9.77. The zero-order valence-electron chi connectivity index (χ0n) is 10.6. The fourth-order valence-electron chi connectivity index (χ4n) is 2.50. The van der Waals surface area contributed by atoms with Gasteiger partial charge in [-0.2, -0.15) is 13.2 Å². The Morgan fingerprint density at radius 1 is 1.26 bits per heavy atom. The lowest BCUT2D eigenvalue weighted by molar-refractivity contribution is -0.183. The molecule has 2 atom stereocenters. The first-order chi connectivity index (χ1) is 9.00. The van der Waals surface area contributed by atoms with Crippen LogP contribution in [0.5, 0.6) is 0 Å². The van der Waals surface area contributed by atoms with Gasteiger partial charge in [-0.3, -0.25) is 0 Å². The summed E-state index contributed by atoms with van der Waals surface area (Å²) in [5.41, 5.74) is 5.42. The van der Waals surface area contributed by atoms with E-state index < -0.39 is 12.1 Å². The molecule has 19 heavy (non-hydrogen) atoms. The number of hydrogen-bond acceptors (Lipinski definition) is 4. The van der Waals surface area contributed by atoms with Crippen molar-refractivity contribution >= 4 is 11.3 Å². The van der Waals surface area contributed by atoms with Gasteiger partial charge in [-0.1, -0.05) is 6.42 Å². The lowest BCUT2D eigenvalue weighted by Crippen LogP contribution is -2.28. The molecule has 1 aliphatic rings. The van der Waals surface area contributed by atoms with Crippen molar-refractivity contribution in [3.8, 4) is 0 Å². The van der Waals surface area contributed by atoms with Crippen LogP contribution in [0.3, 0.4) is 0 Å². The number of nitrogens with two attached hydrogens (primary N) is 1. The number of halogens is 3. The van der Waals surface area contributed by atoms with E-state index >= 15 is 0 Å². The van der Waals surface area contributed by atoms with Crippen molar-refractivity contribution in [3.05, 3.63) is 10.0 Å². The Balaban J connectivity index is 1.99. The van der Waals surface area contributed by atoms with Crippen LogP contribution in [0.2, 0.25) is 0 Å². The number of alkyl halides is 3. The third-order valence-electron chi connectivity index (χ3n) is 3.56. The highest BCUT2D eigenvalue weighted by molar-refractivity contribution is 7.11. The molecular formula is C12H18F3N3S. The van der Waals surface area contributed by atoms with Gasteiger partial charge in [-0.05, 0) is 32.2 Å². The minimum absolute atomic E-state index is 0.0792. The Kier molecular flexibility index (Phi) is 4.78. The summed E-state index contributed by atoms with van der Waals surface area (Å²) in [7, 11) is 0. The molecule has 7 heteroatoms. The molecule has 1 aromatic rings. The maximum Gasteiger partial charge on any atom is 0.391 e. The van der Waals surface area contributed by atoms with Crippen LogP contribution in [0.15, 0.2) is 0 Å². The zero-order valence-corrected chi connectivity index (χ0v) is 11.4. The average Bonchev–Trinajstić information content (AvgIpc) is 2.84. The predicted octanol–water partition coefficient (Wildman–Crippen LogP) is 3.27. The monoisotopic (exact) mass is 293 g/mol. The van der Waals surface area contributed by atoms with E-state index in [2.05, 4.69) is 10.2 Å². The molecule has 1 saturated carbocycles. The Bertz CT molecular complexity index is 405. The molecule has 0 radical (unpaired) electrons. The summed E-state index contributed by atoms with van der Waals surface area (Å²) in [6.07, 6.45) is -0.654. The fourth-order valence-corrected chi connectivity index (χ4v) is 3.53. The smallest absolute Gasteiger partial charge is 0.330 e. The molecule has 1 aliphatic carbocycles. The topological polar surface area (TPSA) is 51.8 Å². The Hall–Kier alpha value is -0.690. The first kappa shape index (κ1) is 14.7. The first-order valence-electron chi connectivity index (χ1n) is 6.59. The predicted molar refractivity (Wildman–Crippen MR) is 68.0 cm³/mol. The van der Waals surface area contributed by atoms with Gasteiger partial charge in [0.1, 0.15) is 10.0 Å². The molecule has 1 heterocycles. The van der Waals surface area contributed by atoms with E-state index in [1.54, 1.807) is 0 Å². The van der Waals surface area contributed by atoms with Crippen LogP contribution < -0.4 is 5.73 Å². The largest absolute Gasteiger partial charge is 0.391 e. The van der Waals surface area contributed by atoms with Crippen LogP contribution in [-0.4, -0.2) is 22.9 Å². The number of rotatable bonds is 4. The highest BCUT2D eigenvalue weighted by Gasteiger charge is 2.42. The van der Waals surface area contributed by atoms with E-state index in [-0.39, 0.29) is 18.8 Å². The number of aryl methyl sites for hydroxylation is 1. The molecule has 0 spiro atoms. The third-order valence-corrected chi connectivity index (χ3v) is 4.71. The molecule has 108 valence electrons. The highest BCUT2D eigenvalue weighted by atomic mass is 32.1. The molecule has 3 nitrogen and oxygen atoms in total. The zero-order chi connectivity index (χ0) is 13.9. The van der Waals surface area contributed by atoms with Crippen LogP contribution in [0.25, 0.3) is 0 Å². The van der Waals surface area contributed by atoms with Gasteiger partial charge in [0.2, 0.25) is 0 Å². The van der Waals surface area contributed by atoms with Crippen LogP contribution >= 0.6 is 11.3 Å². The maximum atomic E-state index is 12.8. The lowest BCUT2D eigenvalue weighted by Gasteiger charge is -2.29. The van der Waals surface area contributed by atoms with Gasteiger partial charge in [0.25, 0.3) is 0 Å². The maximum absolute atomic E-state index is 12.8. The van der Waals surface area contributed by atoms with E-state index in [4.69, 9.17) is 5.73 Å². The second-order valence-corrected chi connectivity index (χ2v) is 6.12. The standard InChI is InChI=1S/C12H18F3N3S/c13-12(14,15)9-4-1-3-8(7-9)11-18-17-10(19-11)5-2-6-16/h8-9H,1-7,16H2. The first-order valence-corrected chi connectivity index (χ1v) is 7.41. The van der Waals surface area contributed by atoms with Crippen molar-refractivity contribution < 1.29 is 13.2 Å². The highest BCUT2D eigenvalue weighted by Crippen LogP contribution is 2.44. The number of hydrogen-bond donors (Lipinski definition) is 1. The van der Waals surface area contributed by atoms with Crippen molar-refractivity contribution in [3.63, 3.8) is 0 Å². The lowest BCUT2D eigenvalue weighted by atomic mass is 9.81. The summed E-state index contributed by atoms with van der Waals surface area (Å²) >= 11 is 1.45. The quantitative estimate of drug-likeness (QED) is 0.927. The van der Waals surface area contributed by atoms with Crippen molar-refractivity contribution in [2.75, 3.05) is 6.54 Å². The molecule has 2 unspecified atom stereocenters. The molecular weight excluding hydrogens is 275 g/mol. The van der Waals surface area contributed by atoms with Crippen molar-refractivity contribution in [1.82, 2.24) is 10.2 Å². The molecule has 0 amide bonds. The average molecular weight is 293 g/mol. The Labute approximate surface area is 114 Å². The summed E-state index contributed by atoms with van der Waals surface area (Å²) in [6.45, 7) is 0.592. The summed E-state index contributed by atoms with van der Waals surface area (Å²) in [4.78, 5) is 0. The number of nitrogens with zero attached hydrogens (tertiary/aromatic N) is 2. The molecule has 2 rings (SSSR count). The van der Waals surface area contributed by atoms with E-state index in [0.717, 1.165) is 29.3 Å². The van der Waals surface area contributed by atoms with E-state index in [0.29, 0.717) is 13.0 Å². The fraction of sp³-hybridized carbons (Fsp3) is 0.833. The van der Waals surface area contributed by atoms with Crippen LogP contribution in [0.4, 0.5) is 13.2 Å². The molecule has 0 aromatic carbocycles. The van der Waals surface area contributed by atoms with Crippen molar-refractivity contribution in [2.45, 2.75) is 50.6 Å². The molecule has 1 fully saturated rings. The number of aromatic nitrogens is 2. The SMILES string of the molecule is NCCCc1nnc(C2CCCC(C(F)(F)F)C2)s1.